The van der Waals surface area contributed by atoms with Gasteiger partial charge in [0.15, 0.2) is 0 Å². The van der Waals surface area contributed by atoms with Gasteiger partial charge in [0, 0.05) is 34.6 Å². The van der Waals surface area contributed by atoms with Crippen molar-refractivity contribution in [1.82, 2.24) is 14.8 Å². The zero-order valence-corrected chi connectivity index (χ0v) is 16.9. The van der Waals surface area contributed by atoms with E-state index in [0.29, 0.717) is 22.0 Å². The molecule has 2 aromatic carbocycles. The van der Waals surface area contributed by atoms with Crippen LogP contribution in [0.3, 0.4) is 0 Å². The Balaban J connectivity index is 1.57. The molecule has 158 valence electrons. The number of thiazole rings is 1. The van der Waals surface area contributed by atoms with Gasteiger partial charge in [0.2, 0.25) is 5.13 Å². The number of nitrogens with one attached hydrogen (secondary N) is 1. The Morgan fingerprint density at radius 3 is 2.71 bits per heavy atom. The lowest BCUT2D eigenvalue weighted by Gasteiger charge is -2.11. The van der Waals surface area contributed by atoms with Crippen molar-refractivity contribution in [2.75, 3.05) is 5.32 Å². The van der Waals surface area contributed by atoms with Gasteiger partial charge in [-0.15, -0.1) is 11.3 Å². The maximum atomic E-state index is 14.8. The molecule has 0 spiro atoms. The smallest absolute Gasteiger partial charge is 0.387 e. The van der Waals surface area contributed by atoms with Gasteiger partial charge in [-0.1, -0.05) is 12.1 Å². The van der Waals surface area contributed by atoms with Gasteiger partial charge in [-0.05, 0) is 37.3 Å². The van der Waals surface area contributed by atoms with Crippen molar-refractivity contribution in [3.05, 3.63) is 77.3 Å². The summed E-state index contributed by atoms with van der Waals surface area (Å²) in [5.41, 5.74) is 1.58. The van der Waals surface area contributed by atoms with Gasteiger partial charge in [-0.25, -0.2) is 14.1 Å². The highest BCUT2D eigenvalue weighted by molar-refractivity contribution is 7.12. The van der Waals surface area contributed by atoms with Gasteiger partial charge in [-0.3, -0.25) is 4.79 Å². The molecule has 10 heteroatoms. The zero-order valence-electron chi connectivity index (χ0n) is 16.1. The van der Waals surface area contributed by atoms with Crippen LogP contribution in [-0.2, 0) is 0 Å². The molecule has 0 radical (unpaired) electrons. The van der Waals surface area contributed by atoms with Crippen molar-refractivity contribution in [3.8, 4) is 22.0 Å². The molecule has 1 N–H and O–H groups in total. The molecule has 2 heterocycles. The van der Waals surface area contributed by atoms with Gasteiger partial charge < -0.3 is 10.1 Å². The molecule has 4 rings (SSSR count). The zero-order chi connectivity index (χ0) is 22.0. The number of hydrogen-bond donors (Lipinski definition) is 1. The summed E-state index contributed by atoms with van der Waals surface area (Å²) < 4.78 is 45.9. The summed E-state index contributed by atoms with van der Waals surface area (Å²) in [7, 11) is 0. The van der Waals surface area contributed by atoms with E-state index in [-0.39, 0.29) is 17.0 Å². The lowest BCUT2D eigenvalue weighted by molar-refractivity contribution is -0.0501. The van der Waals surface area contributed by atoms with Gasteiger partial charge in [-0.2, -0.15) is 13.9 Å². The number of alkyl halides is 2. The Hall–Kier alpha value is -3.66. The number of amides is 1. The molecule has 1 amide bonds. The van der Waals surface area contributed by atoms with Crippen LogP contribution in [-0.4, -0.2) is 27.3 Å². The lowest BCUT2D eigenvalue weighted by Crippen LogP contribution is -2.15. The van der Waals surface area contributed by atoms with E-state index in [0.717, 1.165) is 6.07 Å². The van der Waals surface area contributed by atoms with Crippen LogP contribution in [0.1, 0.15) is 16.1 Å². The topological polar surface area (TPSA) is 69.0 Å². The molecule has 6 nitrogen and oxygen atoms in total. The Kier molecular flexibility index (Phi) is 5.72. The van der Waals surface area contributed by atoms with E-state index in [1.807, 2.05) is 5.38 Å². The summed E-state index contributed by atoms with van der Waals surface area (Å²) in [4.78, 5) is 16.7. The molecule has 0 bridgehead atoms. The summed E-state index contributed by atoms with van der Waals surface area (Å²) in [6, 6.07) is 9.78. The number of aryl methyl sites for hydroxylation is 1. The second-order valence-electron chi connectivity index (χ2n) is 6.41. The number of para-hydroxylation sites is 1. The summed E-state index contributed by atoms with van der Waals surface area (Å²) in [5.74, 6) is -1.54. The number of aromatic nitrogens is 3. The van der Waals surface area contributed by atoms with Gasteiger partial charge in [0.05, 0.1) is 11.3 Å². The normalized spacial score (nSPS) is 11.0. The monoisotopic (exact) mass is 444 g/mol. The first-order valence-electron chi connectivity index (χ1n) is 9.03. The van der Waals surface area contributed by atoms with Gasteiger partial charge in [0.1, 0.15) is 11.6 Å². The van der Waals surface area contributed by atoms with E-state index in [4.69, 9.17) is 0 Å². The van der Waals surface area contributed by atoms with E-state index < -0.39 is 18.3 Å². The van der Waals surface area contributed by atoms with Crippen LogP contribution in [0.2, 0.25) is 0 Å². The van der Waals surface area contributed by atoms with Crippen LogP contribution in [0.4, 0.5) is 18.9 Å². The third-order valence-corrected chi connectivity index (χ3v) is 5.14. The number of anilines is 1. The number of carbonyl (C=O) groups excluding carboxylic acids is 1. The first-order chi connectivity index (χ1) is 14.9. The Labute approximate surface area is 178 Å². The minimum absolute atomic E-state index is 0.0900. The average molecular weight is 444 g/mol. The van der Waals surface area contributed by atoms with Crippen LogP contribution < -0.4 is 10.1 Å². The molecule has 0 unspecified atom stereocenters. The van der Waals surface area contributed by atoms with E-state index in [1.54, 1.807) is 24.0 Å². The fourth-order valence-electron chi connectivity index (χ4n) is 3.01. The second kappa shape index (κ2) is 8.60. The lowest BCUT2D eigenvalue weighted by atomic mass is 10.1. The summed E-state index contributed by atoms with van der Waals surface area (Å²) in [5, 5.41) is 9.34. The van der Waals surface area contributed by atoms with Crippen LogP contribution in [0.5, 0.6) is 5.75 Å². The molecule has 0 saturated heterocycles. The fourth-order valence-corrected chi connectivity index (χ4v) is 3.58. The predicted molar refractivity (Wildman–Crippen MR) is 110 cm³/mol. The molecular formula is C21H15F3N4O2S. The minimum Gasteiger partial charge on any atom is -0.434 e. The number of benzene rings is 2. The van der Waals surface area contributed by atoms with E-state index in [1.165, 1.54) is 47.7 Å². The fraction of sp³-hybridized carbons (Fsp3) is 0.0952. The number of carbonyl (C=O) groups is 1. The number of hydrogen-bond acceptors (Lipinski definition) is 5. The highest BCUT2D eigenvalue weighted by Gasteiger charge is 2.17. The predicted octanol–water partition coefficient (Wildman–Crippen LogP) is 5.30. The highest BCUT2D eigenvalue weighted by Crippen LogP contribution is 2.29. The summed E-state index contributed by atoms with van der Waals surface area (Å²) in [6.45, 7) is -1.31. The first-order valence-corrected chi connectivity index (χ1v) is 9.91. The molecule has 2 aromatic heterocycles. The Morgan fingerprint density at radius 1 is 1.19 bits per heavy atom. The Bertz CT molecular complexity index is 1230. The van der Waals surface area contributed by atoms with Crippen molar-refractivity contribution >= 4 is 22.9 Å². The van der Waals surface area contributed by atoms with Crippen LogP contribution in [0, 0.1) is 12.7 Å². The molecule has 31 heavy (non-hydrogen) atoms. The molecule has 0 aliphatic carbocycles. The SMILES string of the molecule is Cc1nn(-c2nccs2)cc1-c1ccc(NC(=O)c2ccccc2OC(F)F)cc1F. The van der Waals surface area contributed by atoms with Crippen molar-refractivity contribution in [3.63, 3.8) is 0 Å². The third kappa shape index (κ3) is 4.43. The standard InChI is InChI=1S/C21H15F3N4O2S/c1-12-16(11-28(27-12)21-25-8-9-31-21)14-7-6-13(10-17(14)22)26-19(29)15-4-2-3-5-18(15)30-20(23)24/h2-11,20H,1H3,(H,26,29). The maximum Gasteiger partial charge on any atom is 0.387 e. The van der Waals surface area contributed by atoms with Crippen molar-refractivity contribution < 1.29 is 22.7 Å². The van der Waals surface area contributed by atoms with E-state index in [9.17, 15) is 18.0 Å². The quantitative estimate of drug-likeness (QED) is 0.438. The summed E-state index contributed by atoms with van der Waals surface area (Å²) in [6.07, 6.45) is 3.34. The third-order valence-electron chi connectivity index (χ3n) is 4.38. The molecule has 0 aliphatic rings. The minimum atomic E-state index is -3.07. The summed E-state index contributed by atoms with van der Waals surface area (Å²) >= 11 is 1.40. The van der Waals surface area contributed by atoms with Crippen molar-refractivity contribution in [1.29, 1.82) is 0 Å². The molecule has 4 aromatic rings. The molecule has 0 atom stereocenters. The largest absolute Gasteiger partial charge is 0.434 e. The number of rotatable bonds is 6. The van der Waals surface area contributed by atoms with Crippen LogP contribution in [0.25, 0.3) is 16.3 Å². The van der Waals surface area contributed by atoms with Crippen LogP contribution >= 0.6 is 11.3 Å². The number of nitrogens with zero attached hydrogens (tertiary/aromatic N) is 3. The molecule has 0 fully saturated rings. The second-order valence-corrected chi connectivity index (χ2v) is 7.28. The Morgan fingerprint density at radius 2 is 2.00 bits per heavy atom. The number of halogens is 3. The van der Waals surface area contributed by atoms with E-state index >= 15 is 0 Å². The molecular weight excluding hydrogens is 429 g/mol. The number of ether oxygens (including phenoxy) is 1. The average Bonchev–Trinajstić information content (AvgIpc) is 3.38. The van der Waals surface area contributed by atoms with Gasteiger partial charge in [0.25, 0.3) is 5.91 Å². The first kappa shape index (κ1) is 20.6. The molecule has 0 saturated carbocycles. The van der Waals surface area contributed by atoms with Crippen molar-refractivity contribution in [2.24, 2.45) is 0 Å². The van der Waals surface area contributed by atoms with Crippen LogP contribution in [0.15, 0.2) is 60.2 Å². The maximum absolute atomic E-state index is 14.8. The van der Waals surface area contributed by atoms with Crippen molar-refractivity contribution in [2.45, 2.75) is 13.5 Å². The highest BCUT2D eigenvalue weighted by atomic mass is 32.1. The van der Waals surface area contributed by atoms with Gasteiger partial charge >= 0.3 is 6.61 Å². The molecule has 0 aliphatic heterocycles. The van der Waals surface area contributed by atoms with E-state index in [2.05, 4.69) is 20.1 Å².